The topological polar surface area (TPSA) is 68.6 Å². The Morgan fingerprint density at radius 1 is 1.09 bits per heavy atom. The van der Waals surface area contributed by atoms with Crippen molar-refractivity contribution in [1.82, 2.24) is 4.37 Å². The van der Waals surface area contributed by atoms with Crippen molar-refractivity contribution in [3.05, 3.63) is 74.3 Å². The van der Waals surface area contributed by atoms with Crippen LogP contribution in [0, 0.1) is 29.3 Å². The Kier molecular flexibility index (Phi) is 7.15. The van der Waals surface area contributed by atoms with Gasteiger partial charge in [-0.1, -0.05) is 12.1 Å². The number of halogens is 6. The third kappa shape index (κ3) is 5.56. The summed E-state index contributed by atoms with van der Waals surface area (Å²) in [5.74, 6) is -5.01. The molecule has 0 unspecified atom stereocenters. The molecule has 0 saturated carbocycles. The molecule has 33 heavy (non-hydrogen) atoms. The first kappa shape index (κ1) is 24.4. The molecule has 0 aliphatic heterocycles. The zero-order valence-corrected chi connectivity index (χ0v) is 17.6. The first-order valence-corrected chi connectivity index (χ1v) is 10.1. The molecule has 5 nitrogen and oxygen atoms in total. The van der Waals surface area contributed by atoms with Gasteiger partial charge in [0.1, 0.15) is 17.3 Å². The highest BCUT2D eigenvalue weighted by molar-refractivity contribution is 7.06. The second-order valence-corrected chi connectivity index (χ2v) is 7.74. The minimum Gasteiger partial charge on any atom is -0.483 e. The Morgan fingerprint density at radius 3 is 2.33 bits per heavy atom. The van der Waals surface area contributed by atoms with Crippen LogP contribution >= 0.6 is 11.5 Å². The summed E-state index contributed by atoms with van der Waals surface area (Å²) in [5, 5.41) is 2.17. The number of hydrogen-bond acceptors (Lipinski definition) is 5. The molecule has 0 aliphatic rings. The molecule has 0 bridgehead atoms. The SMILES string of the molecule is Cc1ccc(-c2nsc(C(F)(F)F)c2COc2c(F)cc(CCC(=O)N=O)cc2F)cc1F. The van der Waals surface area contributed by atoms with Gasteiger partial charge in [-0.3, -0.25) is 4.79 Å². The quantitative estimate of drug-likeness (QED) is 0.287. The Hall–Kier alpha value is -3.28. The van der Waals surface area contributed by atoms with Crippen molar-refractivity contribution in [1.29, 1.82) is 0 Å². The predicted octanol–water partition coefficient (Wildman–Crippen LogP) is 6.36. The number of ether oxygens (including phenoxy) is 1. The molecule has 12 heteroatoms. The fourth-order valence-corrected chi connectivity index (χ4v) is 3.74. The summed E-state index contributed by atoms with van der Waals surface area (Å²) in [6.45, 7) is 0.586. The van der Waals surface area contributed by atoms with E-state index in [9.17, 15) is 36.0 Å². The molecule has 1 amide bonds. The number of nitroso groups, excluding NO2 is 1. The number of benzene rings is 2. The van der Waals surface area contributed by atoms with E-state index in [1.165, 1.54) is 19.1 Å². The van der Waals surface area contributed by atoms with E-state index in [4.69, 9.17) is 4.74 Å². The van der Waals surface area contributed by atoms with Crippen LogP contribution in [0.15, 0.2) is 35.5 Å². The highest BCUT2D eigenvalue weighted by Gasteiger charge is 2.38. The first-order chi connectivity index (χ1) is 15.5. The molecule has 1 aromatic heterocycles. The maximum atomic E-state index is 14.4. The lowest BCUT2D eigenvalue weighted by atomic mass is 10.0. The minimum atomic E-state index is -4.82. The van der Waals surface area contributed by atoms with Gasteiger partial charge in [-0.2, -0.15) is 17.5 Å². The van der Waals surface area contributed by atoms with Gasteiger partial charge < -0.3 is 4.74 Å². The van der Waals surface area contributed by atoms with Crippen LogP contribution in [0.5, 0.6) is 5.75 Å². The van der Waals surface area contributed by atoms with Crippen LogP contribution in [0.25, 0.3) is 11.3 Å². The lowest BCUT2D eigenvalue weighted by Crippen LogP contribution is -2.09. The number of nitrogens with zero attached hydrogens (tertiary/aromatic N) is 2. The molecule has 0 radical (unpaired) electrons. The maximum Gasteiger partial charge on any atom is 0.427 e. The number of carbonyl (C=O) groups is 1. The second kappa shape index (κ2) is 9.69. The smallest absolute Gasteiger partial charge is 0.427 e. The molecule has 3 rings (SSSR count). The number of alkyl halides is 3. The number of aromatic nitrogens is 1. The van der Waals surface area contributed by atoms with E-state index < -0.39 is 52.3 Å². The Morgan fingerprint density at radius 2 is 1.76 bits per heavy atom. The molecule has 174 valence electrons. The summed E-state index contributed by atoms with van der Waals surface area (Å²) in [6, 6.07) is 5.43. The summed E-state index contributed by atoms with van der Waals surface area (Å²) in [5.41, 5.74) is -0.367. The van der Waals surface area contributed by atoms with Gasteiger partial charge in [0, 0.05) is 22.7 Å². The zero-order chi connectivity index (χ0) is 24.3. The van der Waals surface area contributed by atoms with E-state index in [0.717, 1.165) is 18.2 Å². The van der Waals surface area contributed by atoms with Crippen LogP contribution < -0.4 is 4.74 Å². The summed E-state index contributed by atoms with van der Waals surface area (Å²) in [7, 11) is 0. The van der Waals surface area contributed by atoms with E-state index in [-0.39, 0.29) is 46.8 Å². The van der Waals surface area contributed by atoms with Gasteiger partial charge in [-0.05, 0) is 54.2 Å². The molecule has 0 atom stereocenters. The molecule has 2 aromatic carbocycles. The highest BCUT2D eigenvalue weighted by Crippen LogP contribution is 2.40. The zero-order valence-electron chi connectivity index (χ0n) is 16.8. The van der Waals surface area contributed by atoms with Crippen molar-refractivity contribution in [3.63, 3.8) is 0 Å². The van der Waals surface area contributed by atoms with Gasteiger partial charge in [0.15, 0.2) is 17.4 Å². The normalized spacial score (nSPS) is 11.5. The number of hydrogen-bond donors (Lipinski definition) is 0. The molecular weight excluding hydrogens is 474 g/mol. The highest BCUT2D eigenvalue weighted by atomic mass is 32.1. The largest absolute Gasteiger partial charge is 0.483 e. The van der Waals surface area contributed by atoms with Crippen LogP contribution in [-0.2, 0) is 24.0 Å². The van der Waals surface area contributed by atoms with Gasteiger partial charge in [-0.15, -0.1) is 4.91 Å². The first-order valence-electron chi connectivity index (χ1n) is 9.30. The van der Waals surface area contributed by atoms with Crippen molar-refractivity contribution in [2.45, 2.75) is 32.5 Å². The van der Waals surface area contributed by atoms with E-state index in [2.05, 4.69) is 9.55 Å². The van der Waals surface area contributed by atoms with Gasteiger partial charge in [0.05, 0.1) is 5.69 Å². The summed E-state index contributed by atoms with van der Waals surface area (Å²) in [4.78, 5) is 19.9. The third-order valence-corrected chi connectivity index (χ3v) is 5.57. The van der Waals surface area contributed by atoms with Crippen LogP contribution in [0.1, 0.15) is 28.0 Å². The van der Waals surface area contributed by atoms with E-state index in [0.29, 0.717) is 0 Å². The molecule has 0 spiro atoms. The average Bonchev–Trinajstić information content (AvgIpc) is 3.17. The second-order valence-electron chi connectivity index (χ2n) is 6.96. The number of amides is 1. The summed E-state index contributed by atoms with van der Waals surface area (Å²) >= 11 is 0.114. The predicted molar refractivity (Wildman–Crippen MR) is 107 cm³/mol. The molecular formula is C21H14F6N2O3S. The van der Waals surface area contributed by atoms with Crippen molar-refractivity contribution in [2.24, 2.45) is 5.18 Å². The molecule has 0 fully saturated rings. The van der Waals surface area contributed by atoms with Crippen molar-refractivity contribution < 1.29 is 35.9 Å². The summed E-state index contributed by atoms with van der Waals surface area (Å²) in [6.07, 6.45) is -5.36. The lowest BCUT2D eigenvalue weighted by Gasteiger charge is -2.13. The van der Waals surface area contributed by atoms with E-state index in [1.807, 2.05) is 0 Å². The van der Waals surface area contributed by atoms with E-state index in [1.54, 1.807) is 0 Å². The molecule has 1 heterocycles. The molecule has 0 aliphatic carbocycles. The fraction of sp³-hybridized carbons (Fsp3) is 0.238. The molecule has 0 N–H and O–H groups in total. The lowest BCUT2D eigenvalue weighted by molar-refractivity contribution is -0.135. The summed E-state index contributed by atoms with van der Waals surface area (Å²) < 4.78 is 91.9. The van der Waals surface area contributed by atoms with Crippen LogP contribution in [0.3, 0.4) is 0 Å². The maximum absolute atomic E-state index is 14.4. The average molecular weight is 488 g/mol. The van der Waals surface area contributed by atoms with E-state index >= 15 is 0 Å². The number of rotatable bonds is 7. The third-order valence-electron chi connectivity index (χ3n) is 4.64. The van der Waals surface area contributed by atoms with Gasteiger partial charge in [0.2, 0.25) is 0 Å². The van der Waals surface area contributed by atoms with Crippen molar-refractivity contribution in [3.8, 4) is 17.0 Å². The van der Waals surface area contributed by atoms with Crippen molar-refractivity contribution >= 4 is 17.4 Å². The van der Waals surface area contributed by atoms with Crippen molar-refractivity contribution in [2.75, 3.05) is 0 Å². The van der Waals surface area contributed by atoms with Gasteiger partial charge >= 0.3 is 6.18 Å². The van der Waals surface area contributed by atoms with Crippen LogP contribution in [0.2, 0.25) is 0 Å². The monoisotopic (exact) mass is 488 g/mol. The Bertz CT molecular complexity index is 1190. The Labute approximate surface area is 187 Å². The van der Waals surface area contributed by atoms with Gasteiger partial charge in [0.25, 0.3) is 5.91 Å². The molecule has 3 aromatic rings. The minimum absolute atomic E-state index is 0.0263. The number of carbonyl (C=O) groups excluding carboxylic acids is 1. The van der Waals surface area contributed by atoms with Gasteiger partial charge in [-0.25, -0.2) is 13.2 Å². The van der Waals surface area contributed by atoms with Crippen LogP contribution in [0.4, 0.5) is 26.3 Å². The molecule has 0 saturated heterocycles. The standard InChI is InChI=1S/C21H14F6N2O3S/c1-10-2-4-12(8-14(10)22)18-13(20(33-29-18)21(25,26)27)9-32-19-15(23)6-11(7-16(19)24)3-5-17(30)28-31/h2,4,6-8H,3,5,9H2,1H3. The Balaban J connectivity index is 1.92. The fourth-order valence-electron chi connectivity index (χ4n) is 2.97. The number of aryl methyl sites for hydroxylation is 2. The van der Waals surface area contributed by atoms with Crippen LogP contribution in [-0.4, -0.2) is 10.3 Å².